The molecule has 0 bridgehead atoms. The molecule has 0 spiro atoms. The molecule has 1 heterocycles. The second kappa shape index (κ2) is 7.05. The Hall–Kier alpha value is -2.33. The summed E-state index contributed by atoms with van der Waals surface area (Å²) in [4.78, 5) is 12.7. The molecule has 5 heteroatoms. The zero-order valence-corrected chi connectivity index (χ0v) is 14.5. The second-order valence-corrected chi connectivity index (χ2v) is 6.15. The van der Waals surface area contributed by atoms with Crippen LogP contribution in [0.1, 0.15) is 47.9 Å². The number of aryl methyl sites for hydroxylation is 1. The van der Waals surface area contributed by atoms with Crippen molar-refractivity contribution in [2.24, 2.45) is 0 Å². The molecule has 124 valence electrons. The minimum absolute atomic E-state index is 0.105. The quantitative estimate of drug-likeness (QED) is 0.709. The van der Waals surface area contributed by atoms with E-state index in [1.165, 1.54) is 0 Å². The molecule has 2 N–H and O–H groups in total. The summed E-state index contributed by atoms with van der Waals surface area (Å²) in [5, 5.41) is 12.0. The number of benzene rings is 2. The van der Waals surface area contributed by atoms with Gasteiger partial charge in [-0.05, 0) is 42.7 Å². The van der Waals surface area contributed by atoms with E-state index in [0.717, 1.165) is 35.0 Å². The Balaban J connectivity index is 1.87. The lowest BCUT2D eigenvalue weighted by Gasteiger charge is -2.18. The van der Waals surface area contributed by atoms with E-state index < -0.39 is 0 Å². The molecule has 0 saturated carbocycles. The lowest BCUT2D eigenvalue weighted by atomic mass is 10.0. The van der Waals surface area contributed by atoms with E-state index in [2.05, 4.69) is 22.4 Å². The van der Waals surface area contributed by atoms with Crippen LogP contribution >= 0.6 is 11.6 Å². The van der Waals surface area contributed by atoms with Gasteiger partial charge in [-0.15, -0.1) is 0 Å². The van der Waals surface area contributed by atoms with Crippen LogP contribution in [0.4, 0.5) is 0 Å². The Kier molecular flexibility index (Phi) is 4.86. The summed E-state index contributed by atoms with van der Waals surface area (Å²) < 4.78 is 0. The fourth-order valence-electron chi connectivity index (χ4n) is 2.87. The minimum Gasteiger partial charge on any atom is -0.345 e. The first-order chi connectivity index (χ1) is 11.6. The Morgan fingerprint density at radius 1 is 1.25 bits per heavy atom. The van der Waals surface area contributed by atoms with E-state index in [1.54, 1.807) is 6.07 Å². The van der Waals surface area contributed by atoms with Crippen molar-refractivity contribution in [1.82, 2.24) is 15.5 Å². The van der Waals surface area contributed by atoms with Crippen LogP contribution in [0.2, 0.25) is 5.02 Å². The average molecular weight is 342 g/mol. The number of aromatic nitrogens is 2. The molecule has 3 rings (SSSR count). The third kappa shape index (κ3) is 3.15. The van der Waals surface area contributed by atoms with Crippen LogP contribution in [-0.4, -0.2) is 16.1 Å². The molecule has 0 fully saturated rings. The zero-order chi connectivity index (χ0) is 17.1. The number of carbonyl (C=O) groups is 1. The number of hydrogen-bond donors (Lipinski definition) is 2. The molecule has 1 unspecified atom stereocenters. The number of hydrogen-bond acceptors (Lipinski definition) is 2. The van der Waals surface area contributed by atoms with Gasteiger partial charge in [-0.2, -0.15) is 5.10 Å². The Morgan fingerprint density at radius 2 is 2.04 bits per heavy atom. The number of rotatable bonds is 5. The molecule has 0 aliphatic carbocycles. The summed E-state index contributed by atoms with van der Waals surface area (Å²) in [5.41, 5.74) is 3.48. The van der Waals surface area contributed by atoms with Gasteiger partial charge in [0.2, 0.25) is 0 Å². The number of amides is 1. The topological polar surface area (TPSA) is 57.8 Å². The first kappa shape index (κ1) is 16.5. The van der Waals surface area contributed by atoms with Crippen LogP contribution in [0.25, 0.3) is 10.9 Å². The standard InChI is InChI=1S/C19H20ClN3O/c1-3-16(13-7-5-6-8-15(13)20)21-19(24)12-9-10-18-14(11-12)17(4-2)22-23-18/h5-11,16H,3-4H2,1-2H3,(H,21,24)(H,22,23). The highest BCUT2D eigenvalue weighted by Gasteiger charge is 2.17. The third-order valence-corrected chi connectivity index (χ3v) is 4.59. The van der Waals surface area contributed by atoms with Crippen molar-refractivity contribution >= 4 is 28.4 Å². The van der Waals surface area contributed by atoms with Gasteiger partial charge in [0.1, 0.15) is 0 Å². The smallest absolute Gasteiger partial charge is 0.251 e. The van der Waals surface area contributed by atoms with Gasteiger partial charge in [0.15, 0.2) is 0 Å². The van der Waals surface area contributed by atoms with Gasteiger partial charge in [-0.3, -0.25) is 9.89 Å². The average Bonchev–Trinajstić information content (AvgIpc) is 3.02. The summed E-state index contributed by atoms with van der Waals surface area (Å²) in [6, 6.07) is 13.1. The molecule has 1 atom stereocenters. The zero-order valence-electron chi connectivity index (χ0n) is 13.8. The van der Waals surface area contributed by atoms with E-state index in [9.17, 15) is 4.79 Å². The Labute approximate surface area is 146 Å². The van der Waals surface area contributed by atoms with Crippen LogP contribution in [0.15, 0.2) is 42.5 Å². The highest BCUT2D eigenvalue weighted by molar-refractivity contribution is 6.31. The van der Waals surface area contributed by atoms with Crippen LogP contribution < -0.4 is 5.32 Å². The maximum atomic E-state index is 12.7. The van der Waals surface area contributed by atoms with Gasteiger partial charge in [-0.25, -0.2) is 0 Å². The van der Waals surface area contributed by atoms with Crippen LogP contribution in [-0.2, 0) is 6.42 Å². The Morgan fingerprint density at radius 3 is 2.75 bits per heavy atom. The molecule has 3 aromatic rings. The van der Waals surface area contributed by atoms with Gasteiger partial charge in [0, 0.05) is 21.7 Å². The summed E-state index contributed by atoms with van der Waals surface area (Å²) in [5.74, 6) is -0.105. The first-order valence-electron chi connectivity index (χ1n) is 8.16. The Bertz CT molecular complexity index is 872. The molecular formula is C19H20ClN3O. The number of carbonyl (C=O) groups excluding carboxylic acids is 1. The molecule has 1 aromatic heterocycles. The maximum Gasteiger partial charge on any atom is 0.251 e. The van der Waals surface area contributed by atoms with Crippen molar-refractivity contribution < 1.29 is 4.79 Å². The van der Waals surface area contributed by atoms with Gasteiger partial charge < -0.3 is 5.32 Å². The van der Waals surface area contributed by atoms with Crippen molar-refractivity contribution in [3.63, 3.8) is 0 Å². The predicted octanol–water partition coefficient (Wildman–Crippen LogP) is 4.66. The van der Waals surface area contributed by atoms with Crippen LogP contribution in [0.5, 0.6) is 0 Å². The highest BCUT2D eigenvalue weighted by atomic mass is 35.5. The fraction of sp³-hybridized carbons (Fsp3) is 0.263. The van der Waals surface area contributed by atoms with Gasteiger partial charge in [0.05, 0.1) is 11.6 Å². The summed E-state index contributed by atoms with van der Waals surface area (Å²) >= 11 is 6.27. The van der Waals surface area contributed by atoms with Crippen molar-refractivity contribution in [3.05, 3.63) is 64.3 Å². The molecule has 1 amide bonds. The number of halogens is 1. The summed E-state index contributed by atoms with van der Waals surface area (Å²) in [7, 11) is 0. The molecule has 0 aliphatic rings. The lowest BCUT2D eigenvalue weighted by Crippen LogP contribution is -2.28. The molecule has 0 saturated heterocycles. The van der Waals surface area contributed by atoms with Gasteiger partial charge in [-0.1, -0.05) is 43.6 Å². The minimum atomic E-state index is -0.114. The van der Waals surface area contributed by atoms with E-state index >= 15 is 0 Å². The van der Waals surface area contributed by atoms with Crippen molar-refractivity contribution in [3.8, 4) is 0 Å². The molecule has 0 radical (unpaired) electrons. The van der Waals surface area contributed by atoms with Gasteiger partial charge in [0.25, 0.3) is 5.91 Å². The van der Waals surface area contributed by atoms with E-state index in [0.29, 0.717) is 10.6 Å². The van der Waals surface area contributed by atoms with Gasteiger partial charge >= 0.3 is 0 Å². The van der Waals surface area contributed by atoms with Crippen molar-refractivity contribution in [2.75, 3.05) is 0 Å². The van der Waals surface area contributed by atoms with E-state index in [4.69, 9.17) is 11.6 Å². The highest BCUT2D eigenvalue weighted by Crippen LogP contribution is 2.25. The normalized spacial score (nSPS) is 12.3. The number of nitrogens with zero attached hydrogens (tertiary/aromatic N) is 1. The predicted molar refractivity (Wildman–Crippen MR) is 97.4 cm³/mol. The second-order valence-electron chi connectivity index (χ2n) is 5.74. The van der Waals surface area contributed by atoms with Crippen molar-refractivity contribution in [1.29, 1.82) is 0 Å². The van der Waals surface area contributed by atoms with Crippen LogP contribution in [0.3, 0.4) is 0 Å². The summed E-state index contributed by atoms with van der Waals surface area (Å²) in [6.07, 6.45) is 1.61. The third-order valence-electron chi connectivity index (χ3n) is 4.24. The first-order valence-corrected chi connectivity index (χ1v) is 8.54. The molecule has 24 heavy (non-hydrogen) atoms. The van der Waals surface area contributed by atoms with Crippen molar-refractivity contribution in [2.45, 2.75) is 32.7 Å². The molecule has 4 nitrogen and oxygen atoms in total. The molecular weight excluding hydrogens is 322 g/mol. The number of nitrogens with one attached hydrogen (secondary N) is 2. The number of aromatic amines is 1. The fourth-order valence-corrected chi connectivity index (χ4v) is 3.14. The monoisotopic (exact) mass is 341 g/mol. The van der Waals surface area contributed by atoms with Crippen LogP contribution in [0, 0.1) is 0 Å². The number of fused-ring (bicyclic) bond motifs is 1. The molecule has 0 aliphatic heterocycles. The maximum absolute atomic E-state index is 12.7. The van der Waals surface area contributed by atoms with E-state index in [-0.39, 0.29) is 11.9 Å². The summed E-state index contributed by atoms with van der Waals surface area (Å²) in [6.45, 7) is 4.09. The molecule has 2 aromatic carbocycles. The SMILES string of the molecule is CCc1[nH]nc2ccc(C(=O)NC(CC)c3ccccc3Cl)cc12. The van der Waals surface area contributed by atoms with E-state index in [1.807, 2.05) is 43.3 Å². The lowest BCUT2D eigenvalue weighted by molar-refractivity contribution is 0.0935. The largest absolute Gasteiger partial charge is 0.345 e. The number of H-pyrrole nitrogens is 1.